The van der Waals surface area contributed by atoms with Crippen LogP contribution in [0.1, 0.15) is 6.42 Å². The predicted octanol–water partition coefficient (Wildman–Crippen LogP) is -3.95. The van der Waals surface area contributed by atoms with Crippen LogP contribution in [0, 0.1) is 0 Å². The van der Waals surface area contributed by atoms with Crippen molar-refractivity contribution in [2.24, 2.45) is 5.16 Å². The molecule has 1 aliphatic heterocycles. The Morgan fingerprint density at radius 2 is 2.54 bits per heavy atom. The van der Waals surface area contributed by atoms with Gasteiger partial charge in [-0.3, -0.25) is 0 Å². The fourth-order valence-electron chi connectivity index (χ4n) is 0.872. The van der Waals surface area contributed by atoms with Crippen molar-refractivity contribution in [3.05, 3.63) is 11.6 Å². The smallest absolute Gasteiger partial charge is 0.550 e. The molecule has 0 fully saturated rings. The van der Waals surface area contributed by atoms with Gasteiger partial charge in [-0.25, -0.2) is 0 Å². The van der Waals surface area contributed by atoms with Crippen LogP contribution in [0.2, 0.25) is 0 Å². The van der Waals surface area contributed by atoms with Crippen molar-refractivity contribution in [2.45, 2.75) is 6.42 Å². The maximum atomic E-state index is 10.2. The summed E-state index contributed by atoms with van der Waals surface area (Å²) in [6.45, 7) is 0.338. The van der Waals surface area contributed by atoms with Crippen LogP contribution in [-0.2, 0) is 14.4 Å². The second-order valence-corrected chi connectivity index (χ2v) is 2.17. The Balaban J connectivity index is 0.00000144. The van der Waals surface area contributed by atoms with Crippen LogP contribution in [-0.4, -0.2) is 25.6 Å². The second kappa shape index (κ2) is 6.01. The van der Waals surface area contributed by atoms with E-state index in [9.17, 15) is 9.90 Å². The first-order valence-corrected chi connectivity index (χ1v) is 3.37. The molecule has 1 aliphatic rings. The Kier molecular flexibility index (Phi) is 5.77. The Hall–Kier alpha value is -0.520. The number of carboxylic acids is 1. The molecule has 0 saturated heterocycles. The topological polar surface area (TPSA) is 71.0 Å². The Bertz CT molecular complexity index is 249. The first-order valence-electron chi connectivity index (χ1n) is 3.37. The van der Waals surface area contributed by atoms with Gasteiger partial charge in [0.15, 0.2) is 0 Å². The van der Waals surface area contributed by atoms with Gasteiger partial charge in [0.25, 0.3) is 5.90 Å². The van der Waals surface area contributed by atoms with E-state index in [0.29, 0.717) is 12.2 Å². The summed E-state index contributed by atoms with van der Waals surface area (Å²) < 4.78 is 4.95. The molecule has 0 aromatic rings. The van der Waals surface area contributed by atoms with Gasteiger partial charge >= 0.3 is 29.6 Å². The summed E-state index contributed by atoms with van der Waals surface area (Å²) in [4.78, 5) is 14.6. The molecule has 0 unspecified atom stereocenters. The molecule has 0 spiro atoms. The molecule has 0 aromatic carbocycles. The van der Waals surface area contributed by atoms with Gasteiger partial charge in [-0.1, -0.05) is 0 Å². The van der Waals surface area contributed by atoms with Gasteiger partial charge in [0, 0.05) is 18.0 Å². The standard InChI is InChI=1S/C7H9NO4.Na/c1-11-8-7-5(2-3-12-7)4-6(9)10;/h2H,3-4H2,1H3,(H,9,10);/q;+1/p-1. The second-order valence-electron chi connectivity index (χ2n) is 2.17. The summed E-state index contributed by atoms with van der Waals surface area (Å²) in [6, 6.07) is 0. The minimum Gasteiger partial charge on any atom is -0.550 e. The molecule has 0 saturated carbocycles. The number of rotatable bonds is 3. The largest absolute Gasteiger partial charge is 1.00 e. The molecular formula is C7H8NNaO4. The number of oxime groups is 1. The third-order valence-electron chi connectivity index (χ3n) is 1.33. The minimum absolute atomic E-state index is 0. The molecule has 0 atom stereocenters. The summed E-state index contributed by atoms with van der Waals surface area (Å²) in [6.07, 6.45) is 1.44. The zero-order chi connectivity index (χ0) is 8.97. The maximum Gasteiger partial charge on any atom is 1.00 e. The fraction of sp³-hybridized carbons (Fsp3) is 0.429. The average Bonchev–Trinajstić information content (AvgIpc) is 2.37. The van der Waals surface area contributed by atoms with Gasteiger partial charge in [0.1, 0.15) is 13.7 Å². The van der Waals surface area contributed by atoms with Crippen LogP contribution in [0.5, 0.6) is 0 Å². The van der Waals surface area contributed by atoms with E-state index >= 15 is 0 Å². The van der Waals surface area contributed by atoms with Crippen molar-refractivity contribution < 1.29 is 49.0 Å². The van der Waals surface area contributed by atoms with E-state index in [4.69, 9.17) is 4.74 Å². The van der Waals surface area contributed by atoms with Gasteiger partial charge in [-0.2, -0.15) is 0 Å². The van der Waals surface area contributed by atoms with E-state index in [1.165, 1.54) is 7.11 Å². The van der Waals surface area contributed by atoms with Crippen LogP contribution in [0.3, 0.4) is 0 Å². The van der Waals surface area contributed by atoms with E-state index in [0.717, 1.165) is 0 Å². The molecule has 0 aromatic heterocycles. The number of carbonyl (C=O) groups excluding carboxylic acids is 1. The summed E-state index contributed by atoms with van der Waals surface area (Å²) >= 11 is 0. The summed E-state index contributed by atoms with van der Waals surface area (Å²) in [5.41, 5.74) is 0.497. The van der Waals surface area contributed by atoms with E-state index in [2.05, 4.69) is 9.99 Å². The van der Waals surface area contributed by atoms with Crippen molar-refractivity contribution in [1.82, 2.24) is 0 Å². The molecule has 1 heterocycles. The van der Waals surface area contributed by atoms with Crippen molar-refractivity contribution >= 4 is 11.9 Å². The van der Waals surface area contributed by atoms with Gasteiger partial charge < -0.3 is 19.5 Å². The van der Waals surface area contributed by atoms with Crippen LogP contribution in [0.25, 0.3) is 0 Å². The molecular weight excluding hydrogens is 185 g/mol. The first kappa shape index (κ1) is 12.5. The van der Waals surface area contributed by atoms with Gasteiger partial charge in [-0.05, 0) is 11.2 Å². The van der Waals surface area contributed by atoms with Gasteiger partial charge in [-0.15, -0.1) is 0 Å². The third-order valence-corrected chi connectivity index (χ3v) is 1.33. The Labute approximate surface area is 97.7 Å². The Morgan fingerprint density at radius 1 is 1.85 bits per heavy atom. The van der Waals surface area contributed by atoms with Crippen molar-refractivity contribution in [3.63, 3.8) is 0 Å². The number of nitrogens with zero attached hydrogens (tertiary/aromatic N) is 1. The van der Waals surface area contributed by atoms with Crippen LogP contribution >= 0.6 is 0 Å². The maximum absolute atomic E-state index is 10.2. The zero-order valence-corrected chi connectivity index (χ0v) is 9.57. The molecule has 0 amide bonds. The third kappa shape index (κ3) is 3.80. The monoisotopic (exact) mass is 193 g/mol. The molecule has 0 N–H and O–H groups in total. The van der Waals surface area contributed by atoms with E-state index in [1.54, 1.807) is 6.08 Å². The molecule has 1 rings (SSSR count). The molecule has 0 aliphatic carbocycles. The van der Waals surface area contributed by atoms with Crippen LogP contribution in [0.15, 0.2) is 16.8 Å². The number of hydrogen-bond acceptors (Lipinski definition) is 5. The number of carboxylic acid groups (broad SMARTS) is 1. The van der Waals surface area contributed by atoms with Crippen molar-refractivity contribution in [3.8, 4) is 0 Å². The fourth-order valence-corrected chi connectivity index (χ4v) is 0.872. The Morgan fingerprint density at radius 3 is 3.08 bits per heavy atom. The number of carbonyl (C=O) groups is 1. The molecule has 6 heteroatoms. The average molecular weight is 193 g/mol. The predicted molar refractivity (Wildman–Crippen MR) is 38.1 cm³/mol. The number of ether oxygens (including phenoxy) is 1. The molecule has 13 heavy (non-hydrogen) atoms. The first-order chi connectivity index (χ1) is 5.74. The quantitative estimate of drug-likeness (QED) is 0.339. The summed E-state index contributed by atoms with van der Waals surface area (Å²) in [7, 11) is 1.37. The van der Waals surface area contributed by atoms with E-state index in [1.807, 2.05) is 0 Å². The molecule has 66 valence electrons. The summed E-state index contributed by atoms with van der Waals surface area (Å²) in [5.74, 6) is -0.933. The van der Waals surface area contributed by atoms with Crippen molar-refractivity contribution in [1.29, 1.82) is 0 Å². The van der Waals surface area contributed by atoms with Crippen LogP contribution < -0.4 is 34.7 Å². The van der Waals surface area contributed by atoms with Crippen molar-refractivity contribution in [2.75, 3.05) is 13.7 Å². The van der Waals surface area contributed by atoms with Gasteiger partial charge in [0.05, 0.1) is 0 Å². The van der Waals surface area contributed by atoms with E-state index in [-0.39, 0.29) is 41.9 Å². The van der Waals surface area contributed by atoms with Gasteiger partial charge in [0.2, 0.25) is 0 Å². The zero-order valence-electron chi connectivity index (χ0n) is 7.57. The number of aliphatic carboxylic acids is 1. The minimum atomic E-state index is -1.16. The number of hydrogen-bond donors (Lipinski definition) is 0. The normalized spacial score (nSPS) is 17.3. The SMILES string of the molecule is CON=C1OCC=C1CC(=O)[O-].[Na+]. The molecule has 0 bridgehead atoms. The summed E-state index contributed by atoms with van der Waals surface area (Å²) in [5, 5.41) is 13.7. The van der Waals surface area contributed by atoms with E-state index < -0.39 is 5.97 Å². The van der Waals surface area contributed by atoms with Crippen LogP contribution in [0.4, 0.5) is 0 Å². The molecule has 5 nitrogen and oxygen atoms in total. The molecule has 0 radical (unpaired) electrons.